The zero-order valence-corrected chi connectivity index (χ0v) is 18.9. The Morgan fingerprint density at radius 3 is 2.47 bits per heavy atom. The summed E-state index contributed by atoms with van der Waals surface area (Å²) in [5, 5.41) is 3.44. The van der Waals surface area contributed by atoms with Crippen molar-refractivity contribution in [3.8, 4) is 5.75 Å². The predicted octanol–water partition coefficient (Wildman–Crippen LogP) is 4.75. The minimum atomic E-state index is -0.582. The minimum Gasteiger partial charge on any atom is -0.482 e. The van der Waals surface area contributed by atoms with E-state index in [1.54, 1.807) is 29.2 Å². The first-order chi connectivity index (χ1) is 14.3. The number of nitrogens with one attached hydrogen (secondary N) is 1. The summed E-state index contributed by atoms with van der Waals surface area (Å²) >= 11 is 6.13. The molecule has 0 saturated heterocycles. The molecule has 0 fully saturated rings. The number of benzene rings is 2. The Morgan fingerprint density at radius 2 is 1.83 bits per heavy atom. The summed E-state index contributed by atoms with van der Waals surface area (Å²) in [6.07, 6.45) is 1.33. The van der Waals surface area contributed by atoms with Gasteiger partial charge >= 0.3 is 0 Å². The molecule has 0 saturated carbocycles. The Bertz CT molecular complexity index is 856. The number of ether oxygens (including phenoxy) is 1. The van der Waals surface area contributed by atoms with Gasteiger partial charge in [-0.15, -0.1) is 0 Å². The van der Waals surface area contributed by atoms with Crippen LogP contribution in [0.4, 0.5) is 0 Å². The van der Waals surface area contributed by atoms with E-state index in [4.69, 9.17) is 16.3 Å². The number of rotatable bonds is 10. The third-order valence-electron chi connectivity index (χ3n) is 5.01. The first-order valence-corrected chi connectivity index (χ1v) is 10.8. The number of hydrogen-bond acceptors (Lipinski definition) is 3. The van der Waals surface area contributed by atoms with Gasteiger partial charge in [-0.05, 0) is 44.4 Å². The highest BCUT2D eigenvalue weighted by Gasteiger charge is 2.29. The SMILES string of the molecule is CC[C@H](C)NC(=O)[C@H](CC)N(Cc1cccc(C)c1)C(=O)COc1ccccc1Cl. The van der Waals surface area contributed by atoms with Gasteiger partial charge < -0.3 is 15.0 Å². The molecule has 0 aliphatic heterocycles. The van der Waals surface area contributed by atoms with Gasteiger partial charge in [0.15, 0.2) is 6.61 Å². The first-order valence-electron chi connectivity index (χ1n) is 10.4. The van der Waals surface area contributed by atoms with Crippen LogP contribution in [0.1, 0.15) is 44.7 Å². The quantitative estimate of drug-likeness (QED) is 0.591. The van der Waals surface area contributed by atoms with Gasteiger partial charge in [0.2, 0.25) is 5.91 Å². The summed E-state index contributed by atoms with van der Waals surface area (Å²) in [5.74, 6) is 0.0355. The van der Waals surface area contributed by atoms with E-state index >= 15 is 0 Å². The molecule has 5 nitrogen and oxygen atoms in total. The molecule has 6 heteroatoms. The van der Waals surface area contributed by atoms with Crippen molar-refractivity contribution in [3.05, 3.63) is 64.7 Å². The van der Waals surface area contributed by atoms with Crippen molar-refractivity contribution in [2.24, 2.45) is 0 Å². The summed E-state index contributed by atoms with van der Waals surface area (Å²) < 4.78 is 5.66. The average molecular weight is 431 g/mol. The number of para-hydroxylation sites is 1. The third kappa shape index (κ3) is 6.77. The monoisotopic (exact) mass is 430 g/mol. The molecular formula is C24H31ClN2O3. The normalized spacial score (nSPS) is 12.7. The number of amides is 2. The Kier molecular flexibility index (Phi) is 9.18. The van der Waals surface area contributed by atoms with Crippen molar-refractivity contribution in [2.45, 2.75) is 59.2 Å². The lowest BCUT2D eigenvalue weighted by Gasteiger charge is -2.31. The molecule has 0 spiro atoms. The van der Waals surface area contributed by atoms with E-state index in [9.17, 15) is 9.59 Å². The second-order valence-corrected chi connectivity index (χ2v) is 7.88. The molecule has 2 rings (SSSR count). The molecule has 0 aliphatic carbocycles. The summed E-state index contributed by atoms with van der Waals surface area (Å²) in [6, 6.07) is 14.4. The van der Waals surface area contributed by atoms with Crippen LogP contribution in [0.5, 0.6) is 5.75 Å². The maximum atomic E-state index is 13.2. The molecule has 162 valence electrons. The van der Waals surface area contributed by atoms with Gasteiger partial charge in [0.05, 0.1) is 5.02 Å². The van der Waals surface area contributed by atoms with Crippen LogP contribution in [0.25, 0.3) is 0 Å². The second kappa shape index (κ2) is 11.6. The number of halogens is 1. The third-order valence-corrected chi connectivity index (χ3v) is 5.32. The fourth-order valence-corrected chi connectivity index (χ4v) is 3.34. The van der Waals surface area contributed by atoms with Crippen LogP contribution in [0.15, 0.2) is 48.5 Å². The fraction of sp³-hybridized carbons (Fsp3) is 0.417. The molecule has 0 heterocycles. The number of nitrogens with zero attached hydrogens (tertiary/aromatic N) is 1. The van der Waals surface area contributed by atoms with Crippen LogP contribution in [-0.4, -0.2) is 35.4 Å². The molecule has 0 aliphatic rings. The van der Waals surface area contributed by atoms with Gasteiger partial charge in [0.25, 0.3) is 5.91 Å². The van der Waals surface area contributed by atoms with Crippen molar-refractivity contribution in [1.82, 2.24) is 10.2 Å². The van der Waals surface area contributed by atoms with E-state index in [2.05, 4.69) is 5.32 Å². The molecule has 30 heavy (non-hydrogen) atoms. The average Bonchev–Trinajstić information content (AvgIpc) is 2.72. The zero-order valence-electron chi connectivity index (χ0n) is 18.2. The second-order valence-electron chi connectivity index (χ2n) is 7.47. The van der Waals surface area contributed by atoms with E-state index < -0.39 is 6.04 Å². The lowest BCUT2D eigenvalue weighted by atomic mass is 10.1. The number of carbonyl (C=O) groups is 2. The number of hydrogen-bond donors (Lipinski definition) is 1. The first kappa shape index (κ1) is 23.7. The lowest BCUT2D eigenvalue weighted by molar-refractivity contribution is -0.143. The van der Waals surface area contributed by atoms with Crippen molar-refractivity contribution < 1.29 is 14.3 Å². The van der Waals surface area contributed by atoms with Gasteiger partial charge in [0.1, 0.15) is 11.8 Å². The summed E-state index contributed by atoms with van der Waals surface area (Å²) in [7, 11) is 0. The molecule has 2 aromatic rings. The highest BCUT2D eigenvalue weighted by atomic mass is 35.5. The van der Waals surface area contributed by atoms with Gasteiger partial charge in [0, 0.05) is 12.6 Å². The molecular weight excluding hydrogens is 400 g/mol. The highest BCUT2D eigenvalue weighted by molar-refractivity contribution is 6.32. The van der Waals surface area contributed by atoms with E-state index in [0.29, 0.717) is 23.7 Å². The minimum absolute atomic E-state index is 0.0434. The fourth-order valence-electron chi connectivity index (χ4n) is 3.15. The van der Waals surface area contributed by atoms with Crippen molar-refractivity contribution in [1.29, 1.82) is 0 Å². The van der Waals surface area contributed by atoms with Crippen LogP contribution < -0.4 is 10.1 Å². The van der Waals surface area contributed by atoms with Crippen LogP contribution in [0.3, 0.4) is 0 Å². The molecule has 0 bridgehead atoms. The lowest BCUT2D eigenvalue weighted by Crippen LogP contribution is -2.51. The van der Waals surface area contributed by atoms with E-state index in [-0.39, 0.29) is 24.5 Å². The Labute approximate surface area is 184 Å². The molecule has 1 N–H and O–H groups in total. The molecule has 0 unspecified atom stereocenters. The Morgan fingerprint density at radius 1 is 1.10 bits per heavy atom. The summed E-state index contributed by atoms with van der Waals surface area (Å²) in [4.78, 5) is 27.7. The van der Waals surface area contributed by atoms with Gasteiger partial charge in [-0.2, -0.15) is 0 Å². The van der Waals surface area contributed by atoms with E-state index in [1.165, 1.54) is 0 Å². The summed E-state index contributed by atoms with van der Waals surface area (Å²) in [6.45, 7) is 8.02. The van der Waals surface area contributed by atoms with Crippen LogP contribution >= 0.6 is 11.6 Å². The Hall–Kier alpha value is -2.53. The zero-order chi connectivity index (χ0) is 22.1. The van der Waals surface area contributed by atoms with Crippen LogP contribution in [-0.2, 0) is 16.1 Å². The van der Waals surface area contributed by atoms with Gasteiger partial charge in [-0.3, -0.25) is 9.59 Å². The topological polar surface area (TPSA) is 58.6 Å². The van der Waals surface area contributed by atoms with E-state index in [1.807, 2.05) is 52.0 Å². The van der Waals surface area contributed by atoms with E-state index in [0.717, 1.165) is 17.5 Å². The highest BCUT2D eigenvalue weighted by Crippen LogP contribution is 2.23. The summed E-state index contributed by atoms with van der Waals surface area (Å²) in [5.41, 5.74) is 2.07. The Balaban J connectivity index is 2.23. The largest absolute Gasteiger partial charge is 0.482 e. The van der Waals surface area contributed by atoms with Crippen molar-refractivity contribution in [2.75, 3.05) is 6.61 Å². The van der Waals surface area contributed by atoms with Gasteiger partial charge in [-0.25, -0.2) is 0 Å². The smallest absolute Gasteiger partial charge is 0.261 e. The number of aryl methyl sites for hydroxylation is 1. The van der Waals surface area contributed by atoms with Crippen LogP contribution in [0, 0.1) is 6.92 Å². The number of carbonyl (C=O) groups excluding carboxylic acids is 2. The molecule has 2 amide bonds. The maximum absolute atomic E-state index is 13.2. The van der Waals surface area contributed by atoms with Crippen molar-refractivity contribution >= 4 is 23.4 Å². The molecule has 0 aromatic heterocycles. The maximum Gasteiger partial charge on any atom is 0.261 e. The molecule has 0 radical (unpaired) electrons. The molecule has 2 aromatic carbocycles. The van der Waals surface area contributed by atoms with Crippen LogP contribution in [0.2, 0.25) is 5.02 Å². The van der Waals surface area contributed by atoms with Gasteiger partial charge in [-0.1, -0.05) is 67.4 Å². The predicted molar refractivity (Wildman–Crippen MR) is 121 cm³/mol. The standard InChI is InChI=1S/C24H31ClN2O3/c1-5-18(4)26-24(29)21(6-2)27(15-19-11-9-10-17(3)14-19)23(28)16-30-22-13-8-7-12-20(22)25/h7-14,18,21H,5-6,15-16H2,1-4H3,(H,26,29)/t18-,21-/m0/s1. The molecule has 2 atom stereocenters. The van der Waals surface area contributed by atoms with Crippen molar-refractivity contribution in [3.63, 3.8) is 0 Å².